The van der Waals surface area contributed by atoms with E-state index >= 15 is 0 Å². The quantitative estimate of drug-likeness (QED) is 0.195. The number of benzene rings is 3. The first-order valence-corrected chi connectivity index (χ1v) is 12.3. The van der Waals surface area contributed by atoms with Gasteiger partial charge in [-0.15, -0.1) is 0 Å². The van der Waals surface area contributed by atoms with Crippen molar-refractivity contribution in [2.24, 2.45) is 0 Å². The lowest BCUT2D eigenvalue weighted by Crippen LogP contribution is -2.35. The van der Waals surface area contributed by atoms with Crippen LogP contribution in [0.15, 0.2) is 103 Å². The summed E-state index contributed by atoms with van der Waals surface area (Å²) in [6.45, 7) is 1.90. The SMILES string of the molecule is ICC1=C([C@@H](OCc2ccccc2)[C@@H](COCc2ccccc2)OCc2ccccc2)O1. The molecule has 5 heteroatoms. The van der Waals surface area contributed by atoms with Gasteiger partial charge in [0.2, 0.25) is 0 Å². The van der Waals surface area contributed by atoms with Crippen molar-refractivity contribution in [1.29, 1.82) is 0 Å². The Balaban J connectivity index is 1.46. The molecule has 2 atom stereocenters. The Bertz CT molecular complexity index is 976. The number of alkyl halides is 1. The van der Waals surface area contributed by atoms with Crippen LogP contribution in [0.25, 0.3) is 0 Å². The lowest BCUT2D eigenvalue weighted by atomic mass is 10.1. The van der Waals surface area contributed by atoms with Gasteiger partial charge in [0.25, 0.3) is 0 Å². The number of halogens is 1. The van der Waals surface area contributed by atoms with Gasteiger partial charge in [-0.05, 0) is 16.7 Å². The van der Waals surface area contributed by atoms with Gasteiger partial charge in [0.15, 0.2) is 11.5 Å². The van der Waals surface area contributed by atoms with E-state index in [0.29, 0.717) is 26.4 Å². The fraction of sp³-hybridized carbons (Fsp3) is 0.259. The number of ether oxygens (including phenoxy) is 4. The maximum absolute atomic E-state index is 6.35. The second-order valence-corrected chi connectivity index (χ2v) is 8.34. The van der Waals surface area contributed by atoms with E-state index in [1.165, 1.54) is 0 Å². The first kappa shape index (κ1) is 23.0. The monoisotopic (exact) mass is 542 g/mol. The minimum Gasteiger partial charge on any atom is -0.455 e. The molecule has 0 saturated carbocycles. The molecule has 0 aromatic heterocycles. The van der Waals surface area contributed by atoms with Gasteiger partial charge in [-0.25, -0.2) is 0 Å². The van der Waals surface area contributed by atoms with Gasteiger partial charge >= 0.3 is 0 Å². The van der Waals surface area contributed by atoms with E-state index in [-0.39, 0.29) is 12.2 Å². The molecule has 3 aromatic carbocycles. The van der Waals surface area contributed by atoms with E-state index in [1.54, 1.807) is 0 Å². The van der Waals surface area contributed by atoms with Crippen LogP contribution in [0.5, 0.6) is 0 Å². The predicted molar refractivity (Wildman–Crippen MR) is 133 cm³/mol. The van der Waals surface area contributed by atoms with E-state index in [4.69, 9.17) is 18.9 Å². The molecule has 3 aromatic rings. The molecule has 1 heterocycles. The van der Waals surface area contributed by atoms with Crippen LogP contribution in [0, 0.1) is 0 Å². The highest BCUT2D eigenvalue weighted by Crippen LogP contribution is 2.35. The molecular weight excluding hydrogens is 515 g/mol. The van der Waals surface area contributed by atoms with E-state index in [9.17, 15) is 0 Å². The van der Waals surface area contributed by atoms with Crippen molar-refractivity contribution in [3.8, 4) is 0 Å². The minimum atomic E-state index is -0.320. The fourth-order valence-corrected chi connectivity index (χ4v) is 3.93. The molecular formula is C27H27IO4. The molecule has 0 fully saturated rings. The molecule has 1 aliphatic heterocycles. The highest BCUT2D eigenvalue weighted by Gasteiger charge is 2.39. The molecule has 0 N–H and O–H groups in total. The van der Waals surface area contributed by atoms with Crippen molar-refractivity contribution in [3.63, 3.8) is 0 Å². The van der Waals surface area contributed by atoms with Crippen molar-refractivity contribution >= 4 is 22.6 Å². The van der Waals surface area contributed by atoms with Crippen molar-refractivity contribution in [2.75, 3.05) is 11.0 Å². The first-order chi connectivity index (χ1) is 15.8. The molecule has 0 amide bonds. The van der Waals surface area contributed by atoms with Crippen LogP contribution >= 0.6 is 22.6 Å². The number of allylic oxidation sites excluding steroid dienone is 1. The van der Waals surface area contributed by atoms with Gasteiger partial charge in [-0.2, -0.15) is 0 Å². The van der Waals surface area contributed by atoms with Crippen LogP contribution < -0.4 is 0 Å². The van der Waals surface area contributed by atoms with Crippen LogP contribution in [0.1, 0.15) is 16.7 Å². The van der Waals surface area contributed by atoms with Crippen molar-refractivity contribution in [1.82, 2.24) is 0 Å². The van der Waals surface area contributed by atoms with Crippen molar-refractivity contribution < 1.29 is 18.9 Å². The van der Waals surface area contributed by atoms with Crippen LogP contribution in [0.3, 0.4) is 0 Å². The highest BCUT2D eigenvalue weighted by molar-refractivity contribution is 14.1. The Morgan fingerprint density at radius 2 is 1.16 bits per heavy atom. The zero-order valence-corrected chi connectivity index (χ0v) is 20.0. The average molecular weight is 542 g/mol. The average Bonchev–Trinajstić information content (AvgIpc) is 3.64. The molecule has 4 rings (SSSR count). The zero-order valence-electron chi connectivity index (χ0n) is 17.9. The molecule has 166 valence electrons. The molecule has 0 radical (unpaired) electrons. The van der Waals surface area contributed by atoms with E-state index in [1.807, 2.05) is 54.6 Å². The van der Waals surface area contributed by atoms with Gasteiger partial charge in [0, 0.05) is 0 Å². The van der Waals surface area contributed by atoms with Crippen LogP contribution in [-0.2, 0) is 38.8 Å². The predicted octanol–water partition coefficient (Wildman–Crippen LogP) is 6.05. The number of hydrogen-bond donors (Lipinski definition) is 0. The largest absolute Gasteiger partial charge is 0.455 e. The summed E-state index contributed by atoms with van der Waals surface area (Å²) < 4.78 is 25.3. The van der Waals surface area contributed by atoms with Gasteiger partial charge in [-0.1, -0.05) is 114 Å². The summed E-state index contributed by atoms with van der Waals surface area (Å²) in [5, 5.41) is 0. The Labute approximate surface area is 203 Å². The molecule has 4 nitrogen and oxygen atoms in total. The van der Waals surface area contributed by atoms with Gasteiger partial charge < -0.3 is 18.9 Å². The second kappa shape index (κ2) is 12.2. The molecule has 0 unspecified atom stereocenters. The summed E-state index contributed by atoms with van der Waals surface area (Å²) in [4.78, 5) is 0. The molecule has 1 aliphatic rings. The topological polar surface area (TPSA) is 40.2 Å². The summed E-state index contributed by atoms with van der Waals surface area (Å²) in [5.41, 5.74) is 3.36. The lowest BCUT2D eigenvalue weighted by Gasteiger charge is -2.25. The smallest absolute Gasteiger partial charge is 0.174 e. The maximum atomic E-state index is 6.35. The third kappa shape index (κ3) is 6.90. The molecule has 0 saturated heterocycles. The Morgan fingerprint density at radius 3 is 1.66 bits per heavy atom. The molecule has 0 aliphatic carbocycles. The van der Waals surface area contributed by atoms with Crippen LogP contribution in [-0.4, -0.2) is 23.2 Å². The highest BCUT2D eigenvalue weighted by atomic mass is 127. The van der Waals surface area contributed by atoms with E-state index in [0.717, 1.165) is 32.6 Å². The van der Waals surface area contributed by atoms with E-state index in [2.05, 4.69) is 59.0 Å². The maximum Gasteiger partial charge on any atom is 0.174 e. The van der Waals surface area contributed by atoms with Crippen molar-refractivity contribution in [2.45, 2.75) is 32.0 Å². The third-order valence-electron chi connectivity index (χ3n) is 5.16. The van der Waals surface area contributed by atoms with Gasteiger partial charge in [0.1, 0.15) is 12.2 Å². The van der Waals surface area contributed by atoms with Crippen LogP contribution in [0.2, 0.25) is 0 Å². The minimum absolute atomic E-state index is 0.293. The standard InChI is InChI=1S/C27H27IO4/c28-16-24-27(32-24)26(31-19-23-14-8-3-9-15-23)25(30-18-22-12-6-2-7-13-22)20-29-17-21-10-4-1-5-11-21/h1-15,25-26H,16-20H2/t25-,26+/m1/s1. The number of rotatable bonds is 13. The second-order valence-electron chi connectivity index (χ2n) is 7.58. The summed E-state index contributed by atoms with van der Waals surface area (Å²) in [7, 11) is 0. The molecule has 32 heavy (non-hydrogen) atoms. The summed E-state index contributed by atoms with van der Waals surface area (Å²) >= 11 is 2.31. The van der Waals surface area contributed by atoms with Gasteiger partial charge in [0.05, 0.1) is 30.9 Å². The lowest BCUT2D eigenvalue weighted by molar-refractivity contribution is -0.107. The van der Waals surface area contributed by atoms with Crippen molar-refractivity contribution in [3.05, 3.63) is 119 Å². The summed E-state index contributed by atoms with van der Waals surface area (Å²) in [6, 6.07) is 30.5. The van der Waals surface area contributed by atoms with Crippen LogP contribution in [0.4, 0.5) is 0 Å². The van der Waals surface area contributed by atoms with E-state index < -0.39 is 0 Å². The number of hydrogen-bond acceptors (Lipinski definition) is 4. The Hall–Kier alpha value is -2.19. The fourth-order valence-electron chi connectivity index (χ4n) is 3.40. The third-order valence-corrected chi connectivity index (χ3v) is 5.85. The van der Waals surface area contributed by atoms with Gasteiger partial charge in [-0.3, -0.25) is 0 Å². The summed E-state index contributed by atoms with van der Waals surface area (Å²) in [5.74, 6) is 1.84. The molecule has 0 spiro atoms. The summed E-state index contributed by atoms with van der Waals surface area (Å²) in [6.07, 6.45) is -0.613. The zero-order chi connectivity index (χ0) is 22.0. The Kier molecular flexibility index (Phi) is 8.73. The Morgan fingerprint density at radius 1 is 0.656 bits per heavy atom. The molecule has 0 bridgehead atoms. The normalized spacial score (nSPS) is 14.7. The first-order valence-electron chi connectivity index (χ1n) is 10.7.